The molecular weight excluding hydrogens is 360 g/mol. The van der Waals surface area contributed by atoms with Gasteiger partial charge >= 0.3 is 0 Å². The molecule has 4 rings (SSSR count). The van der Waals surface area contributed by atoms with E-state index in [1.807, 2.05) is 61.7 Å². The lowest BCUT2D eigenvalue weighted by Crippen LogP contribution is -2.01. The highest BCUT2D eigenvalue weighted by molar-refractivity contribution is 5.96. The average molecular weight is 380 g/mol. The molecule has 0 radical (unpaired) electrons. The molecule has 29 heavy (non-hydrogen) atoms. The fraction of sp³-hybridized carbons (Fsp3) is 0.125. The second-order valence-electron chi connectivity index (χ2n) is 6.83. The molecule has 0 N–H and O–H groups in total. The summed E-state index contributed by atoms with van der Waals surface area (Å²) < 4.78 is 0. The molecule has 0 spiro atoms. The number of ketones is 1. The fourth-order valence-electron chi connectivity index (χ4n) is 3.13. The number of aromatic nitrogens is 4. The van der Waals surface area contributed by atoms with Crippen molar-refractivity contribution in [1.82, 2.24) is 19.9 Å². The SMILES string of the molecule is Cc1cc(-c2ccc(CCC(=O)c3ccc(-c4cnccn4)cc3)cn2)ccn1. The van der Waals surface area contributed by atoms with E-state index >= 15 is 0 Å². The zero-order valence-electron chi connectivity index (χ0n) is 16.1. The molecule has 1 aromatic carbocycles. The summed E-state index contributed by atoms with van der Waals surface area (Å²) in [6.45, 7) is 1.96. The Kier molecular flexibility index (Phi) is 5.47. The summed E-state index contributed by atoms with van der Waals surface area (Å²) in [7, 11) is 0. The van der Waals surface area contributed by atoms with Crippen molar-refractivity contribution in [2.75, 3.05) is 0 Å². The normalized spacial score (nSPS) is 10.7. The molecule has 0 aliphatic heterocycles. The van der Waals surface area contributed by atoms with E-state index in [9.17, 15) is 4.79 Å². The van der Waals surface area contributed by atoms with Crippen LogP contribution in [0.4, 0.5) is 0 Å². The van der Waals surface area contributed by atoms with Gasteiger partial charge in [0.2, 0.25) is 0 Å². The Morgan fingerprint density at radius 3 is 2.34 bits per heavy atom. The Bertz CT molecular complexity index is 1110. The maximum Gasteiger partial charge on any atom is 0.163 e. The Morgan fingerprint density at radius 2 is 1.66 bits per heavy atom. The Labute approximate surface area is 169 Å². The molecule has 4 aromatic rings. The van der Waals surface area contributed by atoms with Crippen LogP contribution in [0, 0.1) is 6.92 Å². The van der Waals surface area contributed by atoms with Gasteiger partial charge < -0.3 is 0 Å². The van der Waals surface area contributed by atoms with Gasteiger partial charge in [-0.15, -0.1) is 0 Å². The Morgan fingerprint density at radius 1 is 0.793 bits per heavy atom. The van der Waals surface area contributed by atoms with Gasteiger partial charge in [-0.25, -0.2) is 0 Å². The standard InChI is InChI=1S/C24H20N4O/c1-17-14-21(10-11-26-17)22-8-2-18(15-28-22)3-9-24(29)20-6-4-19(5-7-20)23-16-25-12-13-27-23/h2,4-8,10-16H,3,9H2,1H3. The first-order valence-corrected chi connectivity index (χ1v) is 9.47. The largest absolute Gasteiger partial charge is 0.294 e. The molecule has 5 heteroatoms. The van der Waals surface area contributed by atoms with Gasteiger partial charge in [-0.1, -0.05) is 30.3 Å². The summed E-state index contributed by atoms with van der Waals surface area (Å²) in [6, 6.07) is 15.5. The fourth-order valence-corrected chi connectivity index (χ4v) is 3.13. The first-order valence-electron chi connectivity index (χ1n) is 9.47. The molecule has 3 heterocycles. The number of pyridine rings is 2. The van der Waals surface area contributed by atoms with Crippen molar-refractivity contribution in [2.24, 2.45) is 0 Å². The highest BCUT2D eigenvalue weighted by Crippen LogP contribution is 2.19. The van der Waals surface area contributed by atoms with E-state index in [-0.39, 0.29) is 5.78 Å². The second-order valence-corrected chi connectivity index (χ2v) is 6.83. The van der Waals surface area contributed by atoms with Crippen molar-refractivity contribution in [2.45, 2.75) is 19.8 Å². The van der Waals surface area contributed by atoms with Crippen molar-refractivity contribution in [1.29, 1.82) is 0 Å². The number of aryl methyl sites for hydroxylation is 2. The van der Waals surface area contributed by atoms with Crippen LogP contribution in [0.3, 0.4) is 0 Å². The number of rotatable bonds is 6. The third kappa shape index (κ3) is 4.58. The van der Waals surface area contributed by atoms with Crippen LogP contribution in [0.15, 0.2) is 79.5 Å². The molecule has 0 aliphatic carbocycles. The Balaban J connectivity index is 1.38. The minimum absolute atomic E-state index is 0.115. The quantitative estimate of drug-likeness (QED) is 0.453. The molecule has 0 saturated heterocycles. The van der Waals surface area contributed by atoms with Crippen LogP contribution < -0.4 is 0 Å². The summed E-state index contributed by atoms with van der Waals surface area (Å²) in [5.41, 5.74) is 6.40. The number of Topliss-reactive ketones (excluding diaryl/α,β-unsaturated/α-hetero) is 1. The molecule has 0 fully saturated rings. The van der Waals surface area contributed by atoms with E-state index in [4.69, 9.17) is 0 Å². The van der Waals surface area contributed by atoms with Crippen LogP contribution in [0.2, 0.25) is 0 Å². The molecule has 0 amide bonds. The third-order valence-electron chi connectivity index (χ3n) is 4.72. The molecule has 0 atom stereocenters. The molecule has 0 saturated carbocycles. The lowest BCUT2D eigenvalue weighted by Gasteiger charge is -2.05. The zero-order valence-corrected chi connectivity index (χ0v) is 16.1. The minimum Gasteiger partial charge on any atom is -0.294 e. The maximum absolute atomic E-state index is 12.5. The monoisotopic (exact) mass is 380 g/mol. The highest BCUT2D eigenvalue weighted by atomic mass is 16.1. The number of hydrogen-bond acceptors (Lipinski definition) is 5. The number of nitrogens with zero attached hydrogens (tertiary/aromatic N) is 4. The van der Waals surface area contributed by atoms with Crippen molar-refractivity contribution < 1.29 is 4.79 Å². The Hall–Kier alpha value is -3.73. The van der Waals surface area contributed by atoms with Gasteiger partial charge in [0.15, 0.2) is 5.78 Å². The van der Waals surface area contributed by atoms with Crippen LogP contribution in [0.25, 0.3) is 22.5 Å². The number of carbonyl (C=O) groups is 1. The number of hydrogen-bond donors (Lipinski definition) is 0. The lowest BCUT2D eigenvalue weighted by atomic mass is 10.0. The van der Waals surface area contributed by atoms with E-state index in [2.05, 4.69) is 19.9 Å². The van der Waals surface area contributed by atoms with Crippen LogP contribution in [-0.4, -0.2) is 25.7 Å². The molecule has 5 nitrogen and oxygen atoms in total. The molecule has 142 valence electrons. The topological polar surface area (TPSA) is 68.6 Å². The maximum atomic E-state index is 12.5. The van der Waals surface area contributed by atoms with E-state index in [0.717, 1.165) is 33.8 Å². The van der Waals surface area contributed by atoms with Crippen LogP contribution >= 0.6 is 0 Å². The van der Waals surface area contributed by atoms with Crippen molar-refractivity contribution in [3.63, 3.8) is 0 Å². The van der Waals surface area contributed by atoms with Gasteiger partial charge in [-0.3, -0.25) is 24.7 Å². The smallest absolute Gasteiger partial charge is 0.163 e. The van der Waals surface area contributed by atoms with Crippen LogP contribution in [0.1, 0.15) is 28.0 Å². The predicted molar refractivity (Wildman–Crippen MR) is 112 cm³/mol. The number of benzene rings is 1. The minimum atomic E-state index is 0.115. The summed E-state index contributed by atoms with van der Waals surface area (Å²) >= 11 is 0. The summed E-state index contributed by atoms with van der Waals surface area (Å²) in [5, 5.41) is 0. The van der Waals surface area contributed by atoms with Gasteiger partial charge in [0.05, 0.1) is 17.6 Å². The molecule has 3 aromatic heterocycles. The first kappa shape index (κ1) is 18.6. The van der Waals surface area contributed by atoms with Gasteiger partial charge in [0.1, 0.15) is 0 Å². The van der Waals surface area contributed by atoms with Gasteiger partial charge in [0, 0.05) is 53.6 Å². The summed E-state index contributed by atoms with van der Waals surface area (Å²) in [5.74, 6) is 0.115. The van der Waals surface area contributed by atoms with Gasteiger partial charge in [-0.2, -0.15) is 0 Å². The summed E-state index contributed by atoms with van der Waals surface area (Å²) in [6.07, 6.45) is 9.74. The molecule has 0 bridgehead atoms. The van der Waals surface area contributed by atoms with Crippen molar-refractivity contribution >= 4 is 5.78 Å². The highest BCUT2D eigenvalue weighted by Gasteiger charge is 2.08. The van der Waals surface area contributed by atoms with E-state index in [1.54, 1.807) is 24.8 Å². The van der Waals surface area contributed by atoms with Gasteiger partial charge in [-0.05, 0) is 37.1 Å². The third-order valence-corrected chi connectivity index (χ3v) is 4.72. The van der Waals surface area contributed by atoms with Crippen LogP contribution in [-0.2, 0) is 6.42 Å². The lowest BCUT2D eigenvalue weighted by molar-refractivity contribution is 0.0983. The van der Waals surface area contributed by atoms with Gasteiger partial charge in [0.25, 0.3) is 0 Å². The summed E-state index contributed by atoms with van der Waals surface area (Å²) in [4.78, 5) is 29.6. The predicted octanol–water partition coefficient (Wildman–Crippen LogP) is 4.72. The molecular formula is C24H20N4O. The molecule has 0 aliphatic rings. The van der Waals surface area contributed by atoms with E-state index in [1.165, 1.54) is 0 Å². The van der Waals surface area contributed by atoms with E-state index < -0.39 is 0 Å². The number of carbonyl (C=O) groups excluding carboxylic acids is 1. The second kappa shape index (κ2) is 8.52. The van der Waals surface area contributed by atoms with Crippen molar-refractivity contribution in [3.05, 3.63) is 96.3 Å². The van der Waals surface area contributed by atoms with E-state index in [0.29, 0.717) is 18.4 Å². The van der Waals surface area contributed by atoms with Crippen molar-refractivity contribution in [3.8, 4) is 22.5 Å². The van der Waals surface area contributed by atoms with Crippen LogP contribution in [0.5, 0.6) is 0 Å². The average Bonchev–Trinajstić information content (AvgIpc) is 2.78. The zero-order chi connectivity index (χ0) is 20.1. The molecule has 0 unspecified atom stereocenters. The first-order chi connectivity index (χ1) is 14.2.